The van der Waals surface area contributed by atoms with Crippen LogP contribution < -0.4 is 4.72 Å². The normalized spacial score (nSPS) is 15.5. The molecular formula is C10H10Cl2N2O4S. The summed E-state index contributed by atoms with van der Waals surface area (Å²) in [6.45, 7) is 0.289. The van der Waals surface area contributed by atoms with Gasteiger partial charge in [0.05, 0.1) is 9.95 Å². The Hall–Kier alpha value is -0.890. The summed E-state index contributed by atoms with van der Waals surface area (Å²) in [5.41, 5.74) is -0.488. The number of benzene rings is 1. The molecule has 1 N–H and O–H groups in total. The summed E-state index contributed by atoms with van der Waals surface area (Å²) < 4.78 is 26.5. The molecule has 0 atom stereocenters. The Bertz CT molecular complexity index is 629. The summed E-state index contributed by atoms with van der Waals surface area (Å²) in [7, 11) is -3.95. The second-order valence-electron chi connectivity index (χ2n) is 4.26. The molecule has 19 heavy (non-hydrogen) atoms. The van der Waals surface area contributed by atoms with Gasteiger partial charge in [-0.2, -0.15) is 0 Å². The number of nitrogens with zero attached hydrogens (tertiary/aromatic N) is 1. The van der Waals surface area contributed by atoms with Crippen molar-refractivity contribution in [3.05, 3.63) is 32.3 Å². The lowest BCUT2D eigenvalue weighted by atomic mass is 10.3. The Balaban J connectivity index is 2.41. The van der Waals surface area contributed by atoms with Crippen molar-refractivity contribution >= 4 is 38.9 Å². The molecule has 2 rings (SSSR count). The Labute approximate surface area is 119 Å². The Kier molecular flexibility index (Phi) is 4.00. The smallest absolute Gasteiger partial charge is 0.258 e. The van der Waals surface area contributed by atoms with Crippen molar-refractivity contribution in [2.24, 2.45) is 5.92 Å². The average Bonchev–Trinajstić information content (AvgIpc) is 3.09. The molecule has 0 saturated heterocycles. The first kappa shape index (κ1) is 14.5. The van der Waals surface area contributed by atoms with Crippen molar-refractivity contribution < 1.29 is 13.3 Å². The third-order valence-electron chi connectivity index (χ3n) is 2.75. The minimum absolute atomic E-state index is 0.140. The highest BCUT2D eigenvalue weighted by Gasteiger charge is 2.30. The van der Waals surface area contributed by atoms with Crippen LogP contribution in [-0.4, -0.2) is 19.9 Å². The number of rotatable bonds is 5. The molecule has 0 aliphatic heterocycles. The first-order valence-electron chi connectivity index (χ1n) is 5.45. The summed E-state index contributed by atoms with van der Waals surface area (Å²) in [6.07, 6.45) is 1.94. The average molecular weight is 325 g/mol. The number of nitrogens with one attached hydrogen (secondary N) is 1. The van der Waals surface area contributed by atoms with Crippen LogP contribution in [0.3, 0.4) is 0 Å². The van der Waals surface area contributed by atoms with E-state index in [0.717, 1.165) is 25.0 Å². The minimum Gasteiger partial charge on any atom is -0.258 e. The van der Waals surface area contributed by atoms with E-state index in [9.17, 15) is 18.5 Å². The molecule has 1 aliphatic rings. The van der Waals surface area contributed by atoms with E-state index < -0.39 is 30.6 Å². The fourth-order valence-electron chi connectivity index (χ4n) is 1.53. The second-order valence-corrected chi connectivity index (χ2v) is 6.75. The molecule has 0 spiro atoms. The molecular weight excluding hydrogens is 315 g/mol. The number of halogens is 2. The summed E-state index contributed by atoms with van der Waals surface area (Å²) >= 11 is 11.6. The molecule has 9 heteroatoms. The van der Waals surface area contributed by atoms with Gasteiger partial charge in [-0.3, -0.25) is 10.1 Å². The zero-order valence-electron chi connectivity index (χ0n) is 9.60. The van der Waals surface area contributed by atoms with Crippen molar-refractivity contribution in [1.29, 1.82) is 0 Å². The van der Waals surface area contributed by atoms with Gasteiger partial charge in [0.25, 0.3) is 5.69 Å². The predicted molar refractivity (Wildman–Crippen MR) is 71.0 cm³/mol. The van der Waals surface area contributed by atoms with Gasteiger partial charge in [-0.1, -0.05) is 23.2 Å². The van der Waals surface area contributed by atoms with Crippen LogP contribution in [0.2, 0.25) is 10.0 Å². The fraction of sp³-hybridized carbons (Fsp3) is 0.400. The Morgan fingerprint density at radius 3 is 2.53 bits per heavy atom. The standard InChI is InChI=1S/C10H10Cl2N2O4S/c11-7-3-4-8(14(15)16)9(12)10(7)19(17,18)13-5-6-1-2-6/h3-4,6,13H,1-2,5H2. The Morgan fingerprint density at radius 1 is 1.37 bits per heavy atom. The number of hydrogen-bond donors (Lipinski definition) is 1. The number of nitro groups is 1. The predicted octanol–water partition coefficient (Wildman–Crippen LogP) is 2.59. The molecule has 0 radical (unpaired) electrons. The molecule has 0 aromatic heterocycles. The number of nitro benzene ring substituents is 1. The maximum absolute atomic E-state index is 12.1. The third-order valence-corrected chi connectivity index (χ3v) is 5.18. The van der Waals surface area contributed by atoms with Crippen molar-refractivity contribution in [2.75, 3.05) is 6.54 Å². The van der Waals surface area contributed by atoms with Crippen LogP contribution in [0.15, 0.2) is 17.0 Å². The van der Waals surface area contributed by atoms with Crippen LogP contribution in [0.1, 0.15) is 12.8 Å². The van der Waals surface area contributed by atoms with Crippen LogP contribution in [0.5, 0.6) is 0 Å². The van der Waals surface area contributed by atoms with Gasteiger partial charge >= 0.3 is 0 Å². The van der Waals surface area contributed by atoms with Crippen LogP contribution in [0.25, 0.3) is 0 Å². The summed E-state index contributed by atoms with van der Waals surface area (Å²) in [5.74, 6) is 0.325. The van der Waals surface area contributed by atoms with Crippen LogP contribution in [-0.2, 0) is 10.0 Å². The molecule has 1 fully saturated rings. The molecule has 0 unspecified atom stereocenters. The summed E-state index contributed by atoms with van der Waals surface area (Å²) in [6, 6.07) is 2.22. The minimum atomic E-state index is -3.95. The fourth-order valence-corrected chi connectivity index (χ4v) is 3.84. The lowest BCUT2D eigenvalue weighted by Gasteiger charge is -2.09. The molecule has 0 bridgehead atoms. The van der Waals surface area contributed by atoms with E-state index in [1.54, 1.807) is 0 Å². The Morgan fingerprint density at radius 2 is 2.00 bits per heavy atom. The van der Waals surface area contributed by atoms with E-state index in [1.165, 1.54) is 0 Å². The number of sulfonamides is 1. The molecule has 1 aromatic carbocycles. The quantitative estimate of drug-likeness (QED) is 0.665. The zero-order valence-corrected chi connectivity index (χ0v) is 11.9. The van der Waals surface area contributed by atoms with Gasteiger partial charge in [0, 0.05) is 12.6 Å². The van der Waals surface area contributed by atoms with Gasteiger partial charge < -0.3 is 0 Å². The zero-order chi connectivity index (χ0) is 14.2. The highest BCUT2D eigenvalue weighted by Crippen LogP contribution is 2.36. The molecule has 0 amide bonds. The maximum Gasteiger partial charge on any atom is 0.289 e. The highest BCUT2D eigenvalue weighted by molar-refractivity contribution is 7.89. The van der Waals surface area contributed by atoms with Gasteiger partial charge in [-0.05, 0) is 24.8 Å². The molecule has 1 aromatic rings. The largest absolute Gasteiger partial charge is 0.289 e. The van der Waals surface area contributed by atoms with Crippen LogP contribution in [0.4, 0.5) is 5.69 Å². The molecule has 104 valence electrons. The third kappa shape index (κ3) is 3.17. The SMILES string of the molecule is O=[N+]([O-])c1ccc(Cl)c(S(=O)(=O)NCC2CC2)c1Cl. The van der Waals surface area contributed by atoms with E-state index in [-0.39, 0.29) is 11.6 Å². The van der Waals surface area contributed by atoms with Crippen molar-refractivity contribution in [2.45, 2.75) is 17.7 Å². The van der Waals surface area contributed by atoms with Crippen molar-refractivity contribution in [3.8, 4) is 0 Å². The first-order chi connectivity index (χ1) is 8.83. The van der Waals surface area contributed by atoms with Gasteiger partial charge in [-0.15, -0.1) is 0 Å². The molecule has 1 aliphatic carbocycles. The second kappa shape index (κ2) is 5.24. The highest BCUT2D eigenvalue weighted by atomic mass is 35.5. The van der Waals surface area contributed by atoms with E-state index in [1.807, 2.05) is 0 Å². The van der Waals surface area contributed by atoms with E-state index in [2.05, 4.69) is 4.72 Å². The van der Waals surface area contributed by atoms with E-state index >= 15 is 0 Å². The van der Waals surface area contributed by atoms with Crippen molar-refractivity contribution in [1.82, 2.24) is 4.72 Å². The van der Waals surface area contributed by atoms with Gasteiger partial charge in [0.15, 0.2) is 0 Å². The van der Waals surface area contributed by atoms with Gasteiger partial charge in [-0.25, -0.2) is 13.1 Å². The monoisotopic (exact) mass is 324 g/mol. The molecule has 0 heterocycles. The summed E-state index contributed by atoms with van der Waals surface area (Å²) in [5, 5.41) is 10.1. The lowest BCUT2D eigenvalue weighted by molar-refractivity contribution is -0.384. The maximum atomic E-state index is 12.1. The summed E-state index contributed by atoms with van der Waals surface area (Å²) in [4.78, 5) is 9.56. The van der Waals surface area contributed by atoms with Gasteiger partial charge in [0.2, 0.25) is 10.0 Å². The first-order valence-corrected chi connectivity index (χ1v) is 7.69. The van der Waals surface area contributed by atoms with Crippen molar-refractivity contribution in [3.63, 3.8) is 0 Å². The number of hydrogen-bond acceptors (Lipinski definition) is 4. The topological polar surface area (TPSA) is 89.3 Å². The van der Waals surface area contributed by atoms with E-state index in [4.69, 9.17) is 23.2 Å². The van der Waals surface area contributed by atoms with Gasteiger partial charge in [0.1, 0.15) is 9.92 Å². The lowest BCUT2D eigenvalue weighted by Crippen LogP contribution is -2.26. The van der Waals surface area contributed by atoms with Crippen LogP contribution in [0, 0.1) is 16.0 Å². The van der Waals surface area contributed by atoms with E-state index in [0.29, 0.717) is 5.92 Å². The van der Waals surface area contributed by atoms with Crippen LogP contribution >= 0.6 is 23.2 Å². The molecule has 6 nitrogen and oxygen atoms in total. The molecule has 1 saturated carbocycles.